The van der Waals surface area contributed by atoms with Gasteiger partial charge in [-0.1, -0.05) is 32.6 Å². The van der Waals surface area contributed by atoms with E-state index in [1.807, 2.05) is 0 Å². The third kappa shape index (κ3) is 5.26. The molecule has 1 unspecified atom stereocenters. The lowest BCUT2D eigenvalue weighted by atomic mass is 9.87. The average molecular weight is 229 g/mol. The topological polar surface area (TPSA) is 12.0 Å². The second-order valence-corrected chi connectivity index (χ2v) is 6.10. The van der Waals surface area contributed by atoms with Gasteiger partial charge >= 0.3 is 0 Å². The lowest BCUT2D eigenvalue weighted by Crippen LogP contribution is -2.24. The summed E-state index contributed by atoms with van der Waals surface area (Å²) in [6.45, 7) is 3.49. The average Bonchev–Trinajstić information content (AvgIpc) is 2.76. The van der Waals surface area contributed by atoms with Crippen LogP contribution in [0, 0.1) is 11.8 Å². The normalized spacial score (nSPS) is 19.6. The molecule has 1 saturated carbocycles. The highest BCUT2D eigenvalue weighted by Gasteiger charge is 2.23. The first-order chi connectivity index (χ1) is 7.38. The van der Waals surface area contributed by atoms with Gasteiger partial charge in [-0.05, 0) is 49.8 Å². The molecule has 1 aliphatic rings. The minimum Gasteiger partial charge on any atom is -0.319 e. The van der Waals surface area contributed by atoms with Crippen LogP contribution in [0.2, 0.25) is 0 Å². The molecule has 1 fully saturated rings. The summed E-state index contributed by atoms with van der Waals surface area (Å²) in [7, 11) is 2.10. The Bertz CT molecular complexity index is 143. The second kappa shape index (κ2) is 8.46. The Kier molecular flexibility index (Phi) is 7.54. The minimum atomic E-state index is 0.954. The molecule has 2 heteroatoms. The van der Waals surface area contributed by atoms with Crippen LogP contribution in [0.3, 0.4) is 0 Å². The third-order valence-electron chi connectivity index (χ3n) is 3.60. The molecule has 0 aromatic rings. The Balaban J connectivity index is 2.17. The predicted molar refractivity (Wildman–Crippen MR) is 71.6 cm³/mol. The van der Waals surface area contributed by atoms with Gasteiger partial charge in [0, 0.05) is 0 Å². The van der Waals surface area contributed by atoms with Crippen molar-refractivity contribution in [1.82, 2.24) is 5.32 Å². The highest BCUT2D eigenvalue weighted by atomic mass is 32.2. The summed E-state index contributed by atoms with van der Waals surface area (Å²) >= 11 is 2.09. The molecule has 0 radical (unpaired) electrons. The molecule has 0 aromatic carbocycles. The van der Waals surface area contributed by atoms with E-state index >= 15 is 0 Å². The van der Waals surface area contributed by atoms with Crippen molar-refractivity contribution >= 4 is 11.8 Å². The maximum absolute atomic E-state index is 3.38. The van der Waals surface area contributed by atoms with Crippen molar-refractivity contribution in [2.45, 2.75) is 45.4 Å². The number of hydrogen-bond donors (Lipinski definition) is 1. The molecule has 1 atom stereocenters. The first-order valence-electron chi connectivity index (χ1n) is 6.60. The summed E-state index contributed by atoms with van der Waals surface area (Å²) in [6.07, 6.45) is 8.81. The molecule has 0 heterocycles. The molecule has 0 saturated heterocycles. The smallest absolute Gasteiger partial charge is 0.00209 e. The fourth-order valence-electron chi connectivity index (χ4n) is 2.79. The molecule has 1 nitrogen and oxygen atoms in total. The Morgan fingerprint density at radius 3 is 2.67 bits per heavy atom. The molecular formula is C13H27NS. The Labute approximate surface area is 99.8 Å². The van der Waals surface area contributed by atoms with Crippen LogP contribution in [-0.4, -0.2) is 25.1 Å². The van der Waals surface area contributed by atoms with E-state index in [1.165, 1.54) is 56.6 Å². The van der Waals surface area contributed by atoms with Crippen LogP contribution in [0.4, 0.5) is 0 Å². The number of rotatable bonds is 8. The van der Waals surface area contributed by atoms with Crippen molar-refractivity contribution in [3.05, 3.63) is 0 Å². The molecule has 0 spiro atoms. The lowest BCUT2D eigenvalue weighted by Gasteiger charge is -2.23. The standard InChI is InChI=1S/C13H27NS/c1-3-15-10-6-9-13(11-14-2)12-7-4-5-8-12/h12-14H,3-11H2,1-2H3. The van der Waals surface area contributed by atoms with E-state index in [-0.39, 0.29) is 0 Å². The summed E-state index contributed by atoms with van der Waals surface area (Å²) in [5, 5.41) is 3.38. The molecular weight excluding hydrogens is 202 g/mol. The highest BCUT2D eigenvalue weighted by Crippen LogP contribution is 2.33. The van der Waals surface area contributed by atoms with Crippen molar-refractivity contribution < 1.29 is 0 Å². The van der Waals surface area contributed by atoms with Gasteiger partial charge in [-0.2, -0.15) is 11.8 Å². The van der Waals surface area contributed by atoms with Crippen LogP contribution in [-0.2, 0) is 0 Å². The maximum atomic E-state index is 3.38. The SMILES string of the molecule is CCSCCCC(CNC)C1CCCC1. The van der Waals surface area contributed by atoms with Crippen LogP contribution in [0.1, 0.15) is 45.4 Å². The molecule has 0 amide bonds. The monoisotopic (exact) mass is 229 g/mol. The predicted octanol–water partition coefficient (Wildman–Crippen LogP) is 3.55. The summed E-state index contributed by atoms with van der Waals surface area (Å²) in [5.41, 5.74) is 0. The summed E-state index contributed by atoms with van der Waals surface area (Å²) in [6, 6.07) is 0. The molecule has 1 N–H and O–H groups in total. The van der Waals surface area contributed by atoms with E-state index in [1.54, 1.807) is 0 Å². The van der Waals surface area contributed by atoms with E-state index in [9.17, 15) is 0 Å². The van der Waals surface area contributed by atoms with Crippen LogP contribution in [0.25, 0.3) is 0 Å². The molecule has 15 heavy (non-hydrogen) atoms. The fourth-order valence-corrected chi connectivity index (χ4v) is 3.45. The van der Waals surface area contributed by atoms with Gasteiger partial charge in [-0.25, -0.2) is 0 Å². The quantitative estimate of drug-likeness (QED) is 0.639. The van der Waals surface area contributed by atoms with Gasteiger partial charge in [-0.15, -0.1) is 0 Å². The van der Waals surface area contributed by atoms with Crippen LogP contribution in [0.15, 0.2) is 0 Å². The van der Waals surface area contributed by atoms with Crippen LogP contribution < -0.4 is 5.32 Å². The molecule has 90 valence electrons. The van der Waals surface area contributed by atoms with Gasteiger partial charge in [0.1, 0.15) is 0 Å². The Morgan fingerprint density at radius 1 is 1.33 bits per heavy atom. The molecule has 0 aliphatic heterocycles. The first kappa shape index (κ1) is 13.4. The van der Waals surface area contributed by atoms with Gasteiger partial charge in [0.15, 0.2) is 0 Å². The molecule has 0 bridgehead atoms. The highest BCUT2D eigenvalue weighted by molar-refractivity contribution is 7.99. The number of thioether (sulfide) groups is 1. The van der Waals surface area contributed by atoms with Gasteiger partial charge < -0.3 is 5.32 Å². The number of hydrogen-bond acceptors (Lipinski definition) is 2. The summed E-state index contributed by atoms with van der Waals surface area (Å²) in [5.74, 6) is 4.63. The van der Waals surface area contributed by atoms with Gasteiger partial charge in [0.2, 0.25) is 0 Å². The number of nitrogens with one attached hydrogen (secondary N) is 1. The molecule has 1 aliphatic carbocycles. The zero-order valence-electron chi connectivity index (χ0n) is 10.4. The van der Waals surface area contributed by atoms with E-state index < -0.39 is 0 Å². The van der Waals surface area contributed by atoms with E-state index in [2.05, 4.69) is 31.1 Å². The first-order valence-corrected chi connectivity index (χ1v) is 7.76. The Hall–Kier alpha value is 0.310. The Morgan fingerprint density at radius 2 is 2.07 bits per heavy atom. The zero-order valence-corrected chi connectivity index (χ0v) is 11.2. The largest absolute Gasteiger partial charge is 0.319 e. The summed E-state index contributed by atoms with van der Waals surface area (Å²) < 4.78 is 0. The molecule has 0 aromatic heterocycles. The molecule has 1 rings (SSSR count). The third-order valence-corrected chi connectivity index (χ3v) is 4.59. The van der Waals surface area contributed by atoms with Crippen molar-refractivity contribution in [2.75, 3.05) is 25.1 Å². The second-order valence-electron chi connectivity index (χ2n) is 4.70. The fraction of sp³-hybridized carbons (Fsp3) is 1.00. The van der Waals surface area contributed by atoms with Crippen LogP contribution in [0.5, 0.6) is 0 Å². The van der Waals surface area contributed by atoms with E-state index in [0.29, 0.717) is 0 Å². The van der Waals surface area contributed by atoms with Crippen molar-refractivity contribution in [2.24, 2.45) is 11.8 Å². The zero-order chi connectivity index (χ0) is 10.9. The van der Waals surface area contributed by atoms with E-state index in [4.69, 9.17) is 0 Å². The van der Waals surface area contributed by atoms with E-state index in [0.717, 1.165) is 11.8 Å². The van der Waals surface area contributed by atoms with Crippen LogP contribution >= 0.6 is 11.8 Å². The van der Waals surface area contributed by atoms with Crippen molar-refractivity contribution in [3.63, 3.8) is 0 Å². The minimum absolute atomic E-state index is 0.954. The maximum Gasteiger partial charge on any atom is -0.00209 e. The van der Waals surface area contributed by atoms with Gasteiger partial charge in [0.05, 0.1) is 0 Å². The van der Waals surface area contributed by atoms with Gasteiger partial charge in [0.25, 0.3) is 0 Å². The van der Waals surface area contributed by atoms with Crippen molar-refractivity contribution in [1.29, 1.82) is 0 Å². The lowest BCUT2D eigenvalue weighted by molar-refractivity contribution is 0.309. The summed E-state index contributed by atoms with van der Waals surface area (Å²) in [4.78, 5) is 0. The van der Waals surface area contributed by atoms with Crippen molar-refractivity contribution in [3.8, 4) is 0 Å². The van der Waals surface area contributed by atoms with Gasteiger partial charge in [-0.3, -0.25) is 0 Å².